The average molecular weight is 291 g/mol. The third-order valence-corrected chi connectivity index (χ3v) is 3.60. The summed E-state index contributed by atoms with van der Waals surface area (Å²) >= 11 is 0. The fourth-order valence-corrected chi connectivity index (χ4v) is 2.50. The van der Waals surface area contributed by atoms with E-state index in [0.29, 0.717) is 5.82 Å². The smallest absolute Gasteiger partial charge is 0.244 e. The molecule has 6 nitrogen and oxygen atoms in total. The Bertz CT molecular complexity index is 485. The molecule has 1 aliphatic rings. The fourth-order valence-electron chi connectivity index (χ4n) is 2.50. The molecule has 6 heteroatoms. The zero-order valence-electron chi connectivity index (χ0n) is 13.1. The number of aromatic nitrogens is 2. The second kappa shape index (κ2) is 7.24. The predicted octanol–water partition coefficient (Wildman–Crippen LogP) is 1.89. The van der Waals surface area contributed by atoms with Gasteiger partial charge in [-0.3, -0.25) is 4.79 Å². The van der Waals surface area contributed by atoms with Crippen LogP contribution in [0, 0.1) is 0 Å². The van der Waals surface area contributed by atoms with Crippen LogP contribution in [0.5, 0.6) is 0 Å². The van der Waals surface area contributed by atoms with Gasteiger partial charge in [0.25, 0.3) is 0 Å². The molecule has 1 atom stereocenters. The van der Waals surface area contributed by atoms with Crippen molar-refractivity contribution in [1.82, 2.24) is 14.9 Å². The van der Waals surface area contributed by atoms with Crippen molar-refractivity contribution in [3.05, 3.63) is 11.9 Å². The van der Waals surface area contributed by atoms with E-state index in [-0.39, 0.29) is 11.9 Å². The van der Waals surface area contributed by atoms with Crippen molar-refractivity contribution in [2.24, 2.45) is 0 Å². The fraction of sp³-hybridized carbons (Fsp3) is 0.667. The van der Waals surface area contributed by atoms with Crippen LogP contribution >= 0.6 is 0 Å². The molecule has 1 aliphatic heterocycles. The molecule has 1 unspecified atom stereocenters. The van der Waals surface area contributed by atoms with Gasteiger partial charge in [0.15, 0.2) is 0 Å². The van der Waals surface area contributed by atoms with Crippen LogP contribution in [0.3, 0.4) is 0 Å². The Kier molecular flexibility index (Phi) is 5.36. The molecule has 2 N–H and O–H groups in total. The number of nitrogens with one attached hydrogen (secondary N) is 2. The SMILES string of the molecule is CCNc1cc(NC(C)C(=O)N2CCCC2)nc(CC)n1. The standard InChI is InChI=1S/C15H25N5O/c1-4-12-18-13(16-5-2)10-14(19-12)17-11(3)15(21)20-8-6-7-9-20/h10-11H,4-9H2,1-3H3,(H2,16,17,18,19). The maximum Gasteiger partial charge on any atom is 0.244 e. The van der Waals surface area contributed by atoms with Crippen LogP contribution in [0.15, 0.2) is 6.07 Å². The Morgan fingerprint density at radius 2 is 1.95 bits per heavy atom. The molecule has 116 valence electrons. The number of nitrogens with zero attached hydrogens (tertiary/aromatic N) is 3. The molecule has 1 aromatic heterocycles. The van der Waals surface area contributed by atoms with Gasteiger partial charge in [0.2, 0.25) is 5.91 Å². The first-order valence-electron chi connectivity index (χ1n) is 7.81. The maximum absolute atomic E-state index is 12.3. The van der Waals surface area contributed by atoms with Crippen LogP contribution in [0.1, 0.15) is 39.4 Å². The molecule has 21 heavy (non-hydrogen) atoms. The van der Waals surface area contributed by atoms with E-state index in [0.717, 1.165) is 50.5 Å². The van der Waals surface area contributed by atoms with E-state index in [1.165, 1.54) is 0 Å². The molecule has 0 radical (unpaired) electrons. The van der Waals surface area contributed by atoms with Crippen molar-refractivity contribution < 1.29 is 4.79 Å². The zero-order chi connectivity index (χ0) is 15.2. The molecule has 0 aliphatic carbocycles. The van der Waals surface area contributed by atoms with Gasteiger partial charge < -0.3 is 15.5 Å². The Morgan fingerprint density at radius 3 is 2.57 bits per heavy atom. The normalized spacial score (nSPS) is 15.9. The van der Waals surface area contributed by atoms with Gasteiger partial charge >= 0.3 is 0 Å². The molecule has 2 rings (SSSR count). The van der Waals surface area contributed by atoms with E-state index < -0.39 is 0 Å². The van der Waals surface area contributed by atoms with Gasteiger partial charge in [0, 0.05) is 32.1 Å². The van der Waals surface area contributed by atoms with Crippen molar-refractivity contribution in [3.8, 4) is 0 Å². The van der Waals surface area contributed by atoms with Crippen molar-refractivity contribution in [3.63, 3.8) is 0 Å². The van der Waals surface area contributed by atoms with Crippen molar-refractivity contribution in [2.45, 2.75) is 46.1 Å². The number of anilines is 2. The predicted molar refractivity (Wildman–Crippen MR) is 84.5 cm³/mol. The Balaban J connectivity index is 2.06. The summed E-state index contributed by atoms with van der Waals surface area (Å²) in [7, 11) is 0. The summed E-state index contributed by atoms with van der Waals surface area (Å²) in [5, 5.41) is 6.40. The quantitative estimate of drug-likeness (QED) is 0.837. The first kappa shape index (κ1) is 15.5. The molecule has 1 saturated heterocycles. The Hall–Kier alpha value is -1.85. The second-order valence-electron chi connectivity index (χ2n) is 5.34. The van der Waals surface area contributed by atoms with E-state index in [1.807, 2.05) is 31.7 Å². The van der Waals surface area contributed by atoms with E-state index in [4.69, 9.17) is 0 Å². The van der Waals surface area contributed by atoms with E-state index in [2.05, 4.69) is 20.6 Å². The first-order valence-corrected chi connectivity index (χ1v) is 7.81. The Labute approximate surface area is 126 Å². The van der Waals surface area contributed by atoms with Gasteiger partial charge in [0.05, 0.1) is 0 Å². The maximum atomic E-state index is 12.3. The number of rotatable bonds is 6. The summed E-state index contributed by atoms with van der Waals surface area (Å²) in [5.74, 6) is 2.43. The second-order valence-corrected chi connectivity index (χ2v) is 5.34. The lowest BCUT2D eigenvalue weighted by Crippen LogP contribution is -2.39. The zero-order valence-corrected chi connectivity index (χ0v) is 13.1. The van der Waals surface area contributed by atoms with Gasteiger partial charge in [0.1, 0.15) is 23.5 Å². The monoisotopic (exact) mass is 291 g/mol. The van der Waals surface area contributed by atoms with Gasteiger partial charge in [-0.1, -0.05) is 6.92 Å². The number of carbonyl (C=O) groups excluding carboxylic acids is 1. The number of hydrogen-bond acceptors (Lipinski definition) is 5. The molecule has 0 bridgehead atoms. The van der Waals surface area contributed by atoms with Gasteiger partial charge in [-0.25, -0.2) is 9.97 Å². The summed E-state index contributed by atoms with van der Waals surface area (Å²) < 4.78 is 0. The van der Waals surface area contributed by atoms with Crippen molar-refractivity contribution >= 4 is 17.5 Å². The van der Waals surface area contributed by atoms with E-state index >= 15 is 0 Å². The number of likely N-dealkylation sites (tertiary alicyclic amines) is 1. The van der Waals surface area contributed by atoms with E-state index in [1.54, 1.807) is 0 Å². The highest BCUT2D eigenvalue weighted by Gasteiger charge is 2.23. The highest BCUT2D eigenvalue weighted by Crippen LogP contribution is 2.15. The van der Waals surface area contributed by atoms with Gasteiger partial charge in [-0.15, -0.1) is 0 Å². The minimum Gasteiger partial charge on any atom is -0.370 e. The van der Waals surface area contributed by atoms with Crippen LogP contribution < -0.4 is 10.6 Å². The molecule has 0 saturated carbocycles. The molecular formula is C15H25N5O. The van der Waals surface area contributed by atoms with Crippen LogP contribution in [0.25, 0.3) is 0 Å². The molecule has 1 aromatic rings. The number of carbonyl (C=O) groups is 1. The lowest BCUT2D eigenvalue weighted by molar-refractivity contribution is -0.130. The Morgan fingerprint density at radius 1 is 1.29 bits per heavy atom. The molecule has 2 heterocycles. The van der Waals surface area contributed by atoms with Crippen LogP contribution in [-0.4, -0.2) is 46.5 Å². The summed E-state index contributed by atoms with van der Waals surface area (Å²) in [6.45, 7) is 8.49. The highest BCUT2D eigenvalue weighted by atomic mass is 16.2. The number of aryl methyl sites for hydroxylation is 1. The lowest BCUT2D eigenvalue weighted by atomic mass is 10.3. The third kappa shape index (κ3) is 4.06. The van der Waals surface area contributed by atoms with Crippen molar-refractivity contribution in [2.75, 3.05) is 30.3 Å². The molecular weight excluding hydrogens is 266 g/mol. The summed E-state index contributed by atoms with van der Waals surface area (Å²) in [4.78, 5) is 23.1. The van der Waals surface area contributed by atoms with Gasteiger partial charge in [-0.05, 0) is 26.7 Å². The van der Waals surface area contributed by atoms with E-state index in [9.17, 15) is 4.79 Å². The third-order valence-electron chi connectivity index (χ3n) is 3.60. The van der Waals surface area contributed by atoms with Gasteiger partial charge in [-0.2, -0.15) is 0 Å². The van der Waals surface area contributed by atoms with Crippen LogP contribution in [0.4, 0.5) is 11.6 Å². The molecule has 0 spiro atoms. The average Bonchev–Trinajstić information content (AvgIpc) is 3.00. The lowest BCUT2D eigenvalue weighted by Gasteiger charge is -2.21. The summed E-state index contributed by atoms with van der Waals surface area (Å²) in [5.41, 5.74) is 0. The van der Waals surface area contributed by atoms with Crippen LogP contribution in [0.2, 0.25) is 0 Å². The molecule has 1 amide bonds. The number of hydrogen-bond donors (Lipinski definition) is 2. The van der Waals surface area contributed by atoms with Crippen LogP contribution in [-0.2, 0) is 11.2 Å². The minimum atomic E-state index is -0.266. The molecule has 1 fully saturated rings. The topological polar surface area (TPSA) is 70.2 Å². The first-order chi connectivity index (χ1) is 10.1. The summed E-state index contributed by atoms with van der Waals surface area (Å²) in [6, 6.07) is 1.59. The molecule has 0 aromatic carbocycles. The number of amides is 1. The van der Waals surface area contributed by atoms with Crippen molar-refractivity contribution in [1.29, 1.82) is 0 Å². The highest BCUT2D eigenvalue weighted by molar-refractivity contribution is 5.84. The summed E-state index contributed by atoms with van der Waals surface area (Å²) in [6.07, 6.45) is 2.98. The minimum absolute atomic E-state index is 0.147. The largest absolute Gasteiger partial charge is 0.370 e.